The van der Waals surface area contributed by atoms with Crippen molar-refractivity contribution >= 4 is 34.5 Å². The second-order valence-electron chi connectivity index (χ2n) is 8.25. The fourth-order valence-corrected chi connectivity index (χ4v) is 3.49. The third-order valence-corrected chi connectivity index (χ3v) is 5.88. The molecule has 1 aromatic carbocycles. The Morgan fingerprint density at radius 3 is 2.32 bits per heavy atom. The first-order valence-electron chi connectivity index (χ1n) is 9.42. The van der Waals surface area contributed by atoms with Gasteiger partial charge in [-0.2, -0.15) is 0 Å². The third-order valence-electron chi connectivity index (χ3n) is 5.88. The van der Waals surface area contributed by atoms with Gasteiger partial charge in [0, 0.05) is 34.2 Å². The summed E-state index contributed by atoms with van der Waals surface area (Å²) in [4.78, 5) is 8.78. The SMILES string of the molecule is CC1(C)OB(c2ccc(-c3ccc4oc5cnccc5c4c3)nc2)OC1(C)C. The molecule has 1 fully saturated rings. The maximum Gasteiger partial charge on any atom is 0.496 e. The minimum Gasteiger partial charge on any atom is -0.454 e. The first-order chi connectivity index (χ1) is 13.3. The molecule has 28 heavy (non-hydrogen) atoms. The lowest BCUT2D eigenvalue weighted by Crippen LogP contribution is -2.41. The predicted molar refractivity (Wildman–Crippen MR) is 110 cm³/mol. The van der Waals surface area contributed by atoms with Gasteiger partial charge in [0.25, 0.3) is 0 Å². The van der Waals surface area contributed by atoms with Crippen LogP contribution in [0.5, 0.6) is 0 Å². The maximum absolute atomic E-state index is 6.11. The van der Waals surface area contributed by atoms with Gasteiger partial charge in [-0.05, 0) is 58.0 Å². The molecule has 1 aliphatic heterocycles. The zero-order chi connectivity index (χ0) is 19.5. The molecule has 0 bridgehead atoms. The summed E-state index contributed by atoms with van der Waals surface area (Å²) in [5.74, 6) is 0. The Bertz CT molecular complexity index is 1170. The summed E-state index contributed by atoms with van der Waals surface area (Å²) in [6.07, 6.45) is 5.35. The van der Waals surface area contributed by atoms with Gasteiger partial charge in [0.2, 0.25) is 0 Å². The Kier molecular flexibility index (Phi) is 3.67. The summed E-state index contributed by atoms with van der Waals surface area (Å²) in [5, 5.41) is 2.12. The van der Waals surface area contributed by atoms with Crippen LogP contribution in [0.15, 0.2) is 59.4 Å². The van der Waals surface area contributed by atoms with Gasteiger partial charge in [-0.15, -0.1) is 0 Å². The van der Waals surface area contributed by atoms with Gasteiger partial charge in [0.15, 0.2) is 5.58 Å². The number of furan rings is 1. The van der Waals surface area contributed by atoms with Crippen molar-refractivity contribution in [2.24, 2.45) is 0 Å². The van der Waals surface area contributed by atoms with Crippen LogP contribution in [0.2, 0.25) is 0 Å². The fraction of sp³-hybridized carbons (Fsp3) is 0.273. The fourth-order valence-electron chi connectivity index (χ4n) is 3.49. The molecule has 5 nitrogen and oxygen atoms in total. The highest BCUT2D eigenvalue weighted by molar-refractivity contribution is 6.62. The van der Waals surface area contributed by atoms with Gasteiger partial charge >= 0.3 is 7.12 Å². The molecule has 4 heterocycles. The molecule has 0 saturated carbocycles. The highest BCUT2D eigenvalue weighted by Crippen LogP contribution is 2.36. The quantitative estimate of drug-likeness (QED) is 0.490. The second kappa shape index (κ2) is 5.90. The number of pyridine rings is 2. The lowest BCUT2D eigenvalue weighted by Gasteiger charge is -2.32. The van der Waals surface area contributed by atoms with Crippen molar-refractivity contribution in [2.75, 3.05) is 0 Å². The maximum atomic E-state index is 6.11. The zero-order valence-corrected chi connectivity index (χ0v) is 16.4. The van der Waals surface area contributed by atoms with Gasteiger partial charge in [0.1, 0.15) is 5.58 Å². The van der Waals surface area contributed by atoms with Crippen LogP contribution in [0.1, 0.15) is 27.7 Å². The molecule has 4 aromatic rings. The summed E-state index contributed by atoms with van der Waals surface area (Å²) >= 11 is 0. The number of nitrogens with zero attached hydrogens (tertiary/aromatic N) is 2. The van der Waals surface area contributed by atoms with Crippen molar-refractivity contribution in [2.45, 2.75) is 38.9 Å². The van der Waals surface area contributed by atoms with Gasteiger partial charge < -0.3 is 13.7 Å². The minimum absolute atomic E-state index is 0.363. The van der Waals surface area contributed by atoms with Gasteiger partial charge in [-0.25, -0.2) is 0 Å². The lowest BCUT2D eigenvalue weighted by molar-refractivity contribution is 0.00578. The molecule has 0 N–H and O–H groups in total. The number of aromatic nitrogens is 2. The standard InChI is InChI=1S/C22H21BN2O3/c1-21(2)22(3,4)28-23(27-21)15-6-7-18(25-12-15)14-5-8-19-17(11-14)16-9-10-24-13-20(16)26-19/h5-13H,1-4H3. The summed E-state index contributed by atoms with van der Waals surface area (Å²) in [7, 11) is -0.403. The molecule has 0 unspecified atom stereocenters. The molecule has 0 atom stereocenters. The van der Waals surface area contributed by atoms with Crippen LogP contribution < -0.4 is 5.46 Å². The molecule has 1 aliphatic rings. The topological polar surface area (TPSA) is 57.4 Å². The summed E-state index contributed by atoms with van der Waals surface area (Å²) < 4.78 is 18.1. The molecule has 5 rings (SSSR count). The van der Waals surface area contributed by atoms with Crippen molar-refractivity contribution in [1.82, 2.24) is 9.97 Å². The van der Waals surface area contributed by atoms with E-state index in [0.29, 0.717) is 0 Å². The average Bonchev–Trinajstić information content (AvgIpc) is 3.15. The van der Waals surface area contributed by atoms with Crippen molar-refractivity contribution in [1.29, 1.82) is 0 Å². The van der Waals surface area contributed by atoms with Crippen LogP contribution in [-0.4, -0.2) is 28.3 Å². The minimum atomic E-state index is -0.403. The van der Waals surface area contributed by atoms with Crippen molar-refractivity contribution in [3.05, 3.63) is 55.0 Å². The molecule has 6 heteroatoms. The summed E-state index contributed by atoms with van der Waals surface area (Å²) in [6.45, 7) is 8.20. The molecule has 0 radical (unpaired) electrons. The van der Waals surface area contributed by atoms with Crippen molar-refractivity contribution in [3.63, 3.8) is 0 Å². The van der Waals surface area contributed by atoms with Crippen LogP contribution in [0.25, 0.3) is 33.2 Å². The van der Waals surface area contributed by atoms with Crippen LogP contribution in [-0.2, 0) is 9.31 Å². The molecule has 0 spiro atoms. The Morgan fingerprint density at radius 2 is 1.61 bits per heavy atom. The third kappa shape index (κ3) is 2.64. The molecular weight excluding hydrogens is 351 g/mol. The van der Waals surface area contributed by atoms with E-state index in [-0.39, 0.29) is 11.2 Å². The van der Waals surface area contributed by atoms with Gasteiger partial charge in [-0.3, -0.25) is 9.97 Å². The number of hydrogen-bond donors (Lipinski definition) is 0. The first-order valence-corrected chi connectivity index (χ1v) is 9.42. The summed E-state index contributed by atoms with van der Waals surface area (Å²) in [6, 6.07) is 12.1. The normalized spacial score (nSPS) is 18.2. The number of hydrogen-bond acceptors (Lipinski definition) is 5. The van der Waals surface area contributed by atoms with Crippen LogP contribution in [0.4, 0.5) is 0 Å². The molecule has 140 valence electrons. The number of rotatable bonds is 2. The van der Waals surface area contributed by atoms with E-state index < -0.39 is 7.12 Å². The average molecular weight is 372 g/mol. The Balaban J connectivity index is 1.48. The molecular formula is C22H21BN2O3. The van der Waals surface area contributed by atoms with Crippen molar-refractivity contribution < 1.29 is 13.7 Å². The Labute approximate surface area is 163 Å². The highest BCUT2D eigenvalue weighted by Gasteiger charge is 2.51. The van der Waals surface area contributed by atoms with E-state index in [0.717, 1.165) is 38.7 Å². The Hall–Kier alpha value is -2.70. The van der Waals surface area contributed by atoms with E-state index in [9.17, 15) is 0 Å². The van der Waals surface area contributed by atoms with Crippen LogP contribution >= 0.6 is 0 Å². The van der Waals surface area contributed by atoms with Gasteiger partial charge in [-0.1, -0.05) is 6.07 Å². The van der Waals surface area contributed by atoms with Gasteiger partial charge in [0.05, 0.1) is 23.1 Å². The lowest BCUT2D eigenvalue weighted by atomic mass is 9.80. The summed E-state index contributed by atoms with van der Waals surface area (Å²) in [5.41, 5.74) is 3.76. The van der Waals surface area contributed by atoms with Crippen LogP contribution in [0, 0.1) is 0 Å². The zero-order valence-electron chi connectivity index (χ0n) is 16.4. The highest BCUT2D eigenvalue weighted by atomic mass is 16.7. The van der Waals surface area contributed by atoms with E-state index in [2.05, 4.69) is 43.7 Å². The molecule has 3 aromatic heterocycles. The molecule has 0 aliphatic carbocycles. The van der Waals surface area contributed by atoms with Crippen molar-refractivity contribution in [3.8, 4) is 11.3 Å². The van der Waals surface area contributed by atoms with E-state index in [1.165, 1.54) is 0 Å². The van der Waals surface area contributed by atoms with E-state index in [4.69, 9.17) is 13.7 Å². The predicted octanol–water partition coefficient (Wildman–Crippen LogP) is 4.34. The van der Waals surface area contributed by atoms with Crippen LogP contribution in [0.3, 0.4) is 0 Å². The van der Waals surface area contributed by atoms with E-state index in [1.807, 2.05) is 36.5 Å². The Morgan fingerprint density at radius 1 is 0.821 bits per heavy atom. The molecule has 1 saturated heterocycles. The number of benzene rings is 1. The monoisotopic (exact) mass is 372 g/mol. The second-order valence-corrected chi connectivity index (χ2v) is 8.25. The first kappa shape index (κ1) is 17.4. The van der Waals surface area contributed by atoms with E-state index in [1.54, 1.807) is 12.4 Å². The molecule has 0 amide bonds. The largest absolute Gasteiger partial charge is 0.496 e. The smallest absolute Gasteiger partial charge is 0.454 e. The number of fused-ring (bicyclic) bond motifs is 3. The van der Waals surface area contributed by atoms with E-state index >= 15 is 0 Å².